The Morgan fingerprint density at radius 1 is 0.833 bits per heavy atom. The molecule has 1 heterocycles. The first-order valence-electron chi connectivity index (χ1n) is 11.8. The summed E-state index contributed by atoms with van der Waals surface area (Å²) in [6.07, 6.45) is -4.51. The van der Waals surface area contributed by atoms with Crippen molar-refractivity contribution >= 4 is 10.9 Å². The van der Waals surface area contributed by atoms with E-state index in [0.29, 0.717) is 23.4 Å². The monoisotopic (exact) mass is 486 g/mol. The fourth-order valence-electron chi connectivity index (χ4n) is 4.44. The van der Waals surface area contributed by atoms with Gasteiger partial charge in [0.1, 0.15) is 17.0 Å². The van der Waals surface area contributed by atoms with E-state index in [2.05, 4.69) is 18.9 Å². The molecule has 0 amide bonds. The number of hydrogen-bond donors (Lipinski definition) is 0. The van der Waals surface area contributed by atoms with Gasteiger partial charge in [-0.05, 0) is 41.3 Å². The van der Waals surface area contributed by atoms with Gasteiger partial charge in [-0.25, -0.2) is 0 Å². The van der Waals surface area contributed by atoms with Crippen LogP contribution in [0.15, 0.2) is 97.1 Å². The number of hydrogen-bond acceptors (Lipinski definition) is 2. The van der Waals surface area contributed by atoms with Crippen molar-refractivity contribution in [2.45, 2.75) is 32.5 Å². The lowest BCUT2D eigenvalue weighted by atomic mass is 10.0. The fourth-order valence-corrected chi connectivity index (χ4v) is 4.44. The summed E-state index contributed by atoms with van der Waals surface area (Å²) in [6.45, 7) is 4.54. The summed E-state index contributed by atoms with van der Waals surface area (Å²) in [4.78, 5) is 0. The van der Waals surface area contributed by atoms with Crippen molar-refractivity contribution < 1.29 is 17.9 Å². The normalized spacial score (nSPS) is 11.8. The van der Waals surface area contributed by atoms with Gasteiger partial charge in [-0.15, -0.1) is 0 Å². The standard InChI is InChI=1S/C30H25F3N2O/c1-20(2)24-14-6-7-17-27(24)36-23-13-8-12-22(18-23)29-25-15-9-16-26(30(31,32)33)28(25)34-35(29)19-21-10-4-3-5-11-21/h3-18,20H,19H2,1-2H3. The predicted molar refractivity (Wildman–Crippen MR) is 136 cm³/mol. The molecule has 0 N–H and O–H groups in total. The first-order valence-corrected chi connectivity index (χ1v) is 11.8. The second-order valence-corrected chi connectivity index (χ2v) is 9.01. The molecule has 3 nitrogen and oxygen atoms in total. The van der Waals surface area contributed by atoms with Gasteiger partial charge in [0.15, 0.2) is 0 Å². The molecular weight excluding hydrogens is 461 g/mol. The van der Waals surface area contributed by atoms with E-state index < -0.39 is 11.7 Å². The van der Waals surface area contributed by atoms with E-state index in [-0.39, 0.29) is 11.4 Å². The minimum absolute atomic E-state index is 0.0626. The zero-order chi connectivity index (χ0) is 25.3. The SMILES string of the molecule is CC(C)c1ccccc1Oc1cccc(-c2c3cccc(C(F)(F)F)c3nn2Cc2ccccc2)c1. The van der Waals surface area contributed by atoms with E-state index in [9.17, 15) is 13.2 Å². The van der Waals surface area contributed by atoms with Crippen LogP contribution in [0.5, 0.6) is 11.5 Å². The van der Waals surface area contributed by atoms with Gasteiger partial charge in [0.05, 0.1) is 17.8 Å². The number of fused-ring (bicyclic) bond motifs is 1. The van der Waals surface area contributed by atoms with Crippen LogP contribution in [0.4, 0.5) is 13.2 Å². The maximum atomic E-state index is 13.8. The lowest BCUT2D eigenvalue weighted by molar-refractivity contribution is -0.136. The van der Waals surface area contributed by atoms with Gasteiger partial charge >= 0.3 is 6.18 Å². The Morgan fingerprint density at radius 2 is 1.56 bits per heavy atom. The van der Waals surface area contributed by atoms with Crippen molar-refractivity contribution in [3.05, 3.63) is 114 Å². The van der Waals surface area contributed by atoms with Gasteiger partial charge < -0.3 is 4.74 Å². The number of ether oxygens (including phenoxy) is 1. The first-order chi connectivity index (χ1) is 17.3. The number of halogens is 3. The van der Waals surface area contributed by atoms with E-state index >= 15 is 0 Å². The molecule has 0 saturated carbocycles. The van der Waals surface area contributed by atoms with Crippen LogP contribution in [0.1, 0.15) is 36.5 Å². The average molecular weight is 487 g/mol. The summed E-state index contributed by atoms with van der Waals surface area (Å²) in [6, 6.07) is 29.1. The van der Waals surface area contributed by atoms with Crippen molar-refractivity contribution in [2.75, 3.05) is 0 Å². The molecule has 4 aromatic carbocycles. The van der Waals surface area contributed by atoms with Crippen LogP contribution in [-0.4, -0.2) is 9.78 Å². The maximum Gasteiger partial charge on any atom is 0.418 e. The third-order valence-corrected chi connectivity index (χ3v) is 6.13. The molecule has 0 aliphatic carbocycles. The zero-order valence-electron chi connectivity index (χ0n) is 20.0. The Labute approximate surface area is 207 Å². The highest BCUT2D eigenvalue weighted by atomic mass is 19.4. The topological polar surface area (TPSA) is 27.1 Å². The van der Waals surface area contributed by atoms with E-state index in [1.54, 1.807) is 10.7 Å². The Morgan fingerprint density at radius 3 is 2.31 bits per heavy atom. The van der Waals surface area contributed by atoms with Crippen LogP contribution < -0.4 is 4.74 Å². The molecule has 5 rings (SSSR count). The third-order valence-electron chi connectivity index (χ3n) is 6.13. The van der Waals surface area contributed by atoms with Crippen LogP contribution in [0.25, 0.3) is 22.2 Å². The Bertz CT molecular complexity index is 1500. The van der Waals surface area contributed by atoms with Crippen LogP contribution >= 0.6 is 0 Å². The van der Waals surface area contributed by atoms with Crippen molar-refractivity contribution in [3.63, 3.8) is 0 Å². The highest BCUT2D eigenvalue weighted by molar-refractivity contribution is 5.95. The van der Waals surface area contributed by atoms with Gasteiger partial charge in [-0.1, -0.05) is 86.6 Å². The minimum atomic E-state index is -4.51. The van der Waals surface area contributed by atoms with Crippen LogP contribution in [0.2, 0.25) is 0 Å². The van der Waals surface area contributed by atoms with E-state index in [4.69, 9.17) is 4.74 Å². The summed E-state index contributed by atoms with van der Waals surface area (Å²) < 4.78 is 49.4. The number of aromatic nitrogens is 2. The number of alkyl halides is 3. The van der Waals surface area contributed by atoms with E-state index in [1.807, 2.05) is 78.9 Å². The Balaban J connectivity index is 1.64. The van der Waals surface area contributed by atoms with Crippen LogP contribution in [0.3, 0.4) is 0 Å². The number of para-hydroxylation sites is 1. The predicted octanol–water partition coefficient (Wildman–Crippen LogP) is 8.69. The zero-order valence-corrected chi connectivity index (χ0v) is 20.0. The number of benzene rings is 4. The molecular formula is C30H25F3N2O. The second kappa shape index (κ2) is 9.53. The molecule has 0 aliphatic rings. The van der Waals surface area contributed by atoms with Gasteiger partial charge in [0, 0.05) is 10.9 Å². The molecule has 0 saturated heterocycles. The molecule has 6 heteroatoms. The second-order valence-electron chi connectivity index (χ2n) is 9.01. The maximum absolute atomic E-state index is 13.8. The van der Waals surface area contributed by atoms with E-state index in [1.165, 1.54) is 6.07 Å². The molecule has 0 unspecified atom stereocenters. The first kappa shape index (κ1) is 23.7. The lowest BCUT2D eigenvalue weighted by Crippen LogP contribution is -2.06. The van der Waals surface area contributed by atoms with Gasteiger partial charge in [-0.2, -0.15) is 18.3 Å². The minimum Gasteiger partial charge on any atom is -0.457 e. The van der Waals surface area contributed by atoms with Crippen molar-refractivity contribution in [1.82, 2.24) is 9.78 Å². The molecule has 0 spiro atoms. The van der Waals surface area contributed by atoms with Crippen molar-refractivity contribution in [3.8, 4) is 22.8 Å². The molecule has 0 aliphatic heterocycles. The summed E-state index contributed by atoms with van der Waals surface area (Å²) in [5, 5.41) is 4.90. The smallest absolute Gasteiger partial charge is 0.418 e. The molecule has 36 heavy (non-hydrogen) atoms. The molecule has 0 bridgehead atoms. The Kier molecular flexibility index (Phi) is 6.27. The third kappa shape index (κ3) is 4.71. The molecule has 182 valence electrons. The fraction of sp³-hybridized carbons (Fsp3) is 0.167. The van der Waals surface area contributed by atoms with Crippen LogP contribution in [-0.2, 0) is 12.7 Å². The molecule has 5 aromatic rings. The quantitative estimate of drug-likeness (QED) is 0.240. The summed E-state index contributed by atoms with van der Waals surface area (Å²) in [5.74, 6) is 1.64. The number of nitrogens with zero attached hydrogens (tertiary/aromatic N) is 2. The van der Waals surface area contributed by atoms with Gasteiger partial charge in [-0.3, -0.25) is 4.68 Å². The number of rotatable bonds is 6. The summed E-state index contributed by atoms with van der Waals surface area (Å²) >= 11 is 0. The lowest BCUT2D eigenvalue weighted by Gasteiger charge is -2.15. The van der Waals surface area contributed by atoms with Crippen LogP contribution in [0, 0.1) is 0 Å². The molecule has 1 aromatic heterocycles. The molecule has 0 atom stereocenters. The Hall–Kier alpha value is -4.06. The van der Waals surface area contributed by atoms with Gasteiger partial charge in [0.25, 0.3) is 0 Å². The molecule has 0 radical (unpaired) electrons. The summed E-state index contributed by atoms with van der Waals surface area (Å²) in [5.41, 5.74) is 2.56. The summed E-state index contributed by atoms with van der Waals surface area (Å²) in [7, 11) is 0. The molecule has 0 fully saturated rings. The van der Waals surface area contributed by atoms with Gasteiger partial charge in [0.2, 0.25) is 0 Å². The largest absolute Gasteiger partial charge is 0.457 e. The average Bonchev–Trinajstić information content (AvgIpc) is 3.22. The van der Waals surface area contributed by atoms with Crippen molar-refractivity contribution in [1.29, 1.82) is 0 Å². The van der Waals surface area contributed by atoms with Crippen molar-refractivity contribution in [2.24, 2.45) is 0 Å². The highest BCUT2D eigenvalue weighted by Crippen LogP contribution is 2.39. The highest BCUT2D eigenvalue weighted by Gasteiger charge is 2.34. The van der Waals surface area contributed by atoms with E-state index in [0.717, 1.165) is 28.5 Å².